The number of hydrogen-bond acceptors (Lipinski definition) is 8. The number of amides is 1. The minimum absolute atomic E-state index is 0.215. The van der Waals surface area contributed by atoms with Crippen molar-refractivity contribution in [1.29, 1.82) is 0 Å². The predicted molar refractivity (Wildman–Crippen MR) is 158 cm³/mol. The molecule has 2 heterocycles. The molecule has 1 fully saturated rings. The van der Waals surface area contributed by atoms with Crippen LogP contribution in [-0.4, -0.2) is 77.0 Å². The number of piperazine rings is 1. The average molecular weight is 564 g/mol. The van der Waals surface area contributed by atoms with Crippen LogP contribution in [0.1, 0.15) is 120 Å². The van der Waals surface area contributed by atoms with Crippen LogP contribution in [0.2, 0.25) is 0 Å². The molecule has 1 aliphatic heterocycles. The van der Waals surface area contributed by atoms with Crippen molar-refractivity contribution in [2.45, 2.75) is 110 Å². The molecule has 1 saturated heterocycles. The molecule has 0 bridgehead atoms. The zero-order valence-electron chi connectivity index (χ0n) is 24.8. The summed E-state index contributed by atoms with van der Waals surface area (Å²) in [6.07, 6.45) is 19.8. The van der Waals surface area contributed by atoms with E-state index in [4.69, 9.17) is 0 Å². The van der Waals surface area contributed by atoms with Crippen LogP contribution in [0.5, 0.6) is 0 Å². The van der Waals surface area contributed by atoms with E-state index in [1.54, 1.807) is 12.3 Å². The fourth-order valence-corrected chi connectivity index (χ4v) is 5.16. The molecule has 40 heavy (non-hydrogen) atoms. The molecule has 2 rings (SSSR count). The van der Waals surface area contributed by atoms with E-state index in [2.05, 4.69) is 26.5 Å². The van der Waals surface area contributed by atoms with Gasteiger partial charge in [-0.25, -0.2) is 10.0 Å². The van der Waals surface area contributed by atoms with Gasteiger partial charge in [0, 0.05) is 38.9 Å². The highest BCUT2D eigenvalue weighted by molar-refractivity contribution is 5.93. The number of anilines is 1. The summed E-state index contributed by atoms with van der Waals surface area (Å²) >= 11 is 0. The van der Waals surface area contributed by atoms with E-state index in [9.17, 15) is 20.1 Å². The molecule has 0 atom stereocenters. The lowest BCUT2D eigenvalue weighted by molar-refractivity contribution is -0.757. The number of aromatic nitrogens is 1. The van der Waals surface area contributed by atoms with E-state index < -0.39 is 5.09 Å². The Morgan fingerprint density at radius 3 is 1.95 bits per heavy atom. The third-order valence-electron chi connectivity index (χ3n) is 7.71. The number of carbonyl (C=O) groups excluding carboxylic acids is 1. The second-order valence-electron chi connectivity index (χ2n) is 11.0. The number of hydroxylamine groups is 2. The van der Waals surface area contributed by atoms with Crippen LogP contribution in [0.15, 0.2) is 18.3 Å². The Balaban J connectivity index is 1.43. The quantitative estimate of drug-likeness (QED) is 0.0694. The molecule has 0 unspecified atom stereocenters. The molecule has 1 aliphatic rings. The van der Waals surface area contributed by atoms with E-state index in [-0.39, 0.29) is 12.5 Å². The molecule has 1 aromatic rings. The van der Waals surface area contributed by atoms with Crippen molar-refractivity contribution in [2.75, 3.05) is 50.8 Å². The molecule has 10 nitrogen and oxygen atoms in total. The molecular formula is C30H53N5O5. The lowest BCUT2D eigenvalue weighted by Crippen LogP contribution is -2.46. The van der Waals surface area contributed by atoms with Gasteiger partial charge in [-0.3, -0.25) is 14.9 Å². The number of unbranched alkanes of at least 4 members (excludes halogenated alkanes) is 14. The third-order valence-corrected chi connectivity index (χ3v) is 7.71. The number of carbonyl (C=O) groups is 1. The summed E-state index contributed by atoms with van der Waals surface area (Å²) in [5.74, 6) is 0.513. The van der Waals surface area contributed by atoms with Crippen LogP contribution >= 0.6 is 0 Å². The Morgan fingerprint density at radius 2 is 1.45 bits per heavy atom. The lowest BCUT2D eigenvalue weighted by atomic mass is 10.0. The maximum absolute atomic E-state index is 12.6. The standard InChI is InChI=1S/C30H53N5O5/c1-2-3-20-32-22-24-33(25-23-32)29-19-18-28(27-31-29)30(36)34(37)21-16-14-12-10-8-6-4-5-7-9-11-13-15-17-26-40-35(38)39/h18-19,27,37H,2-17,20-26H2,1H3. The van der Waals surface area contributed by atoms with Crippen molar-refractivity contribution < 1.29 is 19.9 Å². The summed E-state index contributed by atoms with van der Waals surface area (Å²) in [7, 11) is 0. The van der Waals surface area contributed by atoms with Crippen LogP contribution in [0.25, 0.3) is 0 Å². The van der Waals surface area contributed by atoms with E-state index in [0.29, 0.717) is 12.1 Å². The maximum Gasteiger partial charge on any atom is 0.294 e. The lowest BCUT2D eigenvalue weighted by Gasteiger charge is -2.35. The van der Waals surface area contributed by atoms with Crippen molar-refractivity contribution in [3.63, 3.8) is 0 Å². The fourth-order valence-electron chi connectivity index (χ4n) is 5.16. The highest BCUT2D eigenvalue weighted by Gasteiger charge is 2.19. The Labute approximate surface area is 241 Å². The summed E-state index contributed by atoms with van der Waals surface area (Å²) in [5, 5.41) is 20.4. The van der Waals surface area contributed by atoms with Crippen molar-refractivity contribution >= 4 is 11.7 Å². The van der Waals surface area contributed by atoms with Gasteiger partial charge in [-0.15, -0.1) is 10.1 Å². The summed E-state index contributed by atoms with van der Waals surface area (Å²) in [5.41, 5.74) is 0.426. The minimum atomic E-state index is -0.721. The van der Waals surface area contributed by atoms with Gasteiger partial charge in [-0.2, -0.15) is 0 Å². The fraction of sp³-hybridized carbons (Fsp3) is 0.800. The monoisotopic (exact) mass is 563 g/mol. The molecule has 1 amide bonds. The van der Waals surface area contributed by atoms with Crippen LogP contribution in [0.4, 0.5) is 5.82 Å². The smallest absolute Gasteiger partial charge is 0.294 e. The van der Waals surface area contributed by atoms with Crippen molar-refractivity contribution in [3.05, 3.63) is 34.0 Å². The van der Waals surface area contributed by atoms with Crippen LogP contribution in [0.3, 0.4) is 0 Å². The highest BCUT2D eigenvalue weighted by atomic mass is 16.9. The van der Waals surface area contributed by atoms with Crippen molar-refractivity contribution in [2.24, 2.45) is 0 Å². The molecule has 0 aromatic carbocycles. The van der Waals surface area contributed by atoms with E-state index in [1.807, 2.05) is 6.07 Å². The van der Waals surface area contributed by atoms with Gasteiger partial charge in [0.25, 0.3) is 11.0 Å². The molecule has 0 aliphatic carbocycles. The maximum atomic E-state index is 12.6. The summed E-state index contributed by atoms with van der Waals surface area (Å²) < 4.78 is 0. The van der Waals surface area contributed by atoms with E-state index >= 15 is 0 Å². The van der Waals surface area contributed by atoms with Gasteiger partial charge in [-0.1, -0.05) is 90.4 Å². The van der Waals surface area contributed by atoms with Gasteiger partial charge in [0.2, 0.25) is 0 Å². The van der Waals surface area contributed by atoms with Gasteiger partial charge >= 0.3 is 0 Å². The Morgan fingerprint density at radius 1 is 0.900 bits per heavy atom. The van der Waals surface area contributed by atoms with E-state index in [1.165, 1.54) is 64.2 Å². The number of nitrogens with zero attached hydrogens (tertiary/aromatic N) is 5. The van der Waals surface area contributed by atoms with Gasteiger partial charge in [0.05, 0.1) is 12.2 Å². The summed E-state index contributed by atoms with van der Waals surface area (Å²) in [6.45, 7) is 7.94. The number of rotatable bonds is 23. The van der Waals surface area contributed by atoms with Crippen molar-refractivity contribution in [3.8, 4) is 0 Å². The van der Waals surface area contributed by atoms with Crippen LogP contribution < -0.4 is 4.90 Å². The molecule has 1 N–H and O–H groups in total. The van der Waals surface area contributed by atoms with E-state index in [0.717, 1.165) is 82.1 Å². The van der Waals surface area contributed by atoms with Crippen LogP contribution in [0, 0.1) is 10.1 Å². The summed E-state index contributed by atoms with van der Waals surface area (Å²) in [4.78, 5) is 36.2. The first-order chi connectivity index (χ1) is 19.5. The number of pyridine rings is 1. The van der Waals surface area contributed by atoms with Crippen molar-refractivity contribution in [1.82, 2.24) is 14.9 Å². The first-order valence-corrected chi connectivity index (χ1v) is 15.7. The topological polar surface area (TPSA) is 112 Å². The second kappa shape index (κ2) is 21.3. The van der Waals surface area contributed by atoms with Gasteiger partial charge < -0.3 is 9.74 Å². The largest absolute Gasteiger partial charge is 0.354 e. The molecular weight excluding hydrogens is 510 g/mol. The molecule has 0 spiro atoms. The first kappa shape index (κ1) is 33.7. The van der Waals surface area contributed by atoms with Gasteiger partial charge in [-0.05, 0) is 37.9 Å². The van der Waals surface area contributed by atoms with Gasteiger partial charge in [0.1, 0.15) is 5.82 Å². The predicted octanol–water partition coefficient (Wildman–Crippen LogP) is 6.50. The van der Waals surface area contributed by atoms with Gasteiger partial charge in [0.15, 0.2) is 0 Å². The molecule has 1 aromatic heterocycles. The Bertz CT molecular complexity index is 802. The normalized spacial score (nSPS) is 13.9. The Kier molecular flexibility index (Phi) is 18.0. The van der Waals surface area contributed by atoms with Crippen LogP contribution in [-0.2, 0) is 4.84 Å². The zero-order chi connectivity index (χ0) is 28.8. The average Bonchev–Trinajstić information content (AvgIpc) is 2.97. The minimum Gasteiger partial charge on any atom is -0.354 e. The third kappa shape index (κ3) is 14.8. The summed E-state index contributed by atoms with van der Waals surface area (Å²) in [6, 6.07) is 3.67. The highest BCUT2D eigenvalue weighted by Crippen LogP contribution is 2.16. The molecule has 10 heteroatoms. The molecule has 0 saturated carbocycles. The first-order valence-electron chi connectivity index (χ1n) is 15.7. The Hall–Kier alpha value is -2.46. The SMILES string of the molecule is CCCCN1CCN(c2ccc(C(=O)N(O)CCCCCCCCCCCCCCCCO[N+](=O)[O-])cn2)CC1. The molecule has 0 radical (unpaired) electrons. The zero-order valence-corrected chi connectivity index (χ0v) is 24.8. The second-order valence-corrected chi connectivity index (χ2v) is 11.0. The number of hydrogen-bond donors (Lipinski definition) is 1. The molecule has 228 valence electrons.